The summed E-state index contributed by atoms with van der Waals surface area (Å²) in [5.74, 6) is -0.920. The van der Waals surface area contributed by atoms with Crippen molar-refractivity contribution >= 4 is 17.9 Å². The quantitative estimate of drug-likeness (QED) is 0.338. The van der Waals surface area contributed by atoms with Crippen molar-refractivity contribution in [3.8, 4) is 11.8 Å². The van der Waals surface area contributed by atoms with E-state index in [2.05, 4.69) is 4.98 Å². The Morgan fingerprint density at radius 3 is 2.67 bits per heavy atom. The van der Waals surface area contributed by atoms with Gasteiger partial charge in [0, 0.05) is 19.8 Å². The number of hydrogen-bond acceptors (Lipinski definition) is 5. The van der Waals surface area contributed by atoms with E-state index < -0.39 is 5.97 Å². The average Bonchev–Trinajstić information content (AvgIpc) is 2.70. The number of rotatable bonds is 4. The SMILES string of the molecule is CCOC(=O)c1c(C)[nH]c(C=C(C#N)C(=N)N(C)C)c1O. The van der Waals surface area contributed by atoms with E-state index in [9.17, 15) is 9.90 Å². The second kappa shape index (κ2) is 6.61. The minimum atomic E-state index is -0.635. The first-order valence-corrected chi connectivity index (χ1v) is 6.30. The van der Waals surface area contributed by atoms with Gasteiger partial charge in [-0.1, -0.05) is 0 Å². The molecule has 0 radical (unpaired) electrons. The number of aromatic amines is 1. The van der Waals surface area contributed by atoms with Gasteiger partial charge in [-0.05, 0) is 19.9 Å². The number of nitrogens with zero attached hydrogens (tertiary/aromatic N) is 2. The molecule has 1 aromatic rings. The molecule has 7 nitrogen and oxygen atoms in total. The lowest BCUT2D eigenvalue weighted by Gasteiger charge is -2.11. The van der Waals surface area contributed by atoms with Crippen LogP contribution in [-0.2, 0) is 4.74 Å². The molecule has 0 aliphatic rings. The van der Waals surface area contributed by atoms with Gasteiger partial charge in [-0.25, -0.2) is 4.79 Å². The van der Waals surface area contributed by atoms with E-state index in [4.69, 9.17) is 15.4 Å². The molecule has 1 aromatic heterocycles. The van der Waals surface area contributed by atoms with Gasteiger partial charge in [0.1, 0.15) is 17.5 Å². The number of likely N-dealkylation sites (N-methyl/N-ethyl adjacent to an activating group) is 1. The smallest absolute Gasteiger partial charge is 0.343 e. The Bertz CT molecular complexity index is 635. The molecule has 0 saturated heterocycles. The lowest BCUT2D eigenvalue weighted by molar-refractivity contribution is 0.0522. The maximum atomic E-state index is 11.8. The van der Waals surface area contributed by atoms with Crippen molar-refractivity contribution in [2.24, 2.45) is 0 Å². The lowest BCUT2D eigenvalue weighted by atomic mass is 10.1. The highest BCUT2D eigenvalue weighted by Gasteiger charge is 2.21. The molecule has 0 aliphatic carbocycles. The Balaban J connectivity index is 3.28. The largest absolute Gasteiger partial charge is 0.505 e. The van der Waals surface area contributed by atoms with E-state index in [1.807, 2.05) is 6.07 Å². The number of esters is 1. The Morgan fingerprint density at radius 1 is 1.57 bits per heavy atom. The minimum Gasteiger partial charge on any atom is -0.505 e. The van der Waals surface area contributed by atoms with Crippen LogP contribution < -0.4 is 0 Å². The number of carbonyl (C=O) groups is 1. The summed E-state index contributed by atoms with van der Waals surface area (Å²) < 4.78 is 4.86. The molecule has 0 amide bonds. The standard InChI is InChI=1S/C14H18N4O3/c1-5-21-14(20)11-8(2)17-10(12(11)19)6-9(7-15)13(16)18(3)4/h6,16-17,19H,5H2,1-4H3. The predicted octanol–water partition coefficient (Wildman–Crippen LogP) is 1.65. The summed E-state index contributed by atoms with van der Waals surface area (Å²) >= 11 is 0. The minimum absolute atomic E-state index is 0.00170. The summed E-state index contributed by atoms with van der Waals surface area (Å²) in [4.78, 5) is 16.0. The number of ether oxygens (including phenoxy) is 1. The van der Waals surface area contributed by atoms with Crippen molar-refractivity contribution < 1.29 is 14.6 Å². The highest BCUT2D eigenvalue weighted by molar-refractivity contribution is 6.04. The average molecular weight is 290 g/mol. The zero-order valence-electron chi connectivity index (χ0n) is 12.4. The Labute approximate surface area is 123 Å². The molecule has 7 heteroatoms. The molecule has 1 heterocycles. The Morgan fingerprint density at radius 2 is 2.19 bits per heavy atom. The number of amidine groups is 1. The molecule has 112 valence electrons. The number of carbonyl (C=O) groups excluding carboxylic acids is 1. The van der Waals surface area contributed by atoms with E-state index in [1.54, 1.807) is 27.9 Å². The van der Waals surface area contributed by atoms with Crippen LogP contribution in [0.2, 0.25) is 0 Å². The van der Waals surface area contributed by atoms with Gasteiger partial charge in [-0.15, -0.1) is 0 Å². The Hall–Kier alpha value is -2.75. The molecule has 0 bridgehead atoms. The fraction of sp³-hybridized carbons (Fsp3) is 0.357. The first kappa shape index (κ1) is 16.3. The molecule has 0 atom stereocenters. The normalized spacial score (nSPS) is 10.9. The van der Waals surface area contributed by atoms with Crippen LogP contribution in [0.25, 0.3) is 6.08 Å². The van der Waals surface area contributed by atoms with Crippen LogP contribution in [0.3, 0.4) is 0 Å². The third-order valence-corrected chi connectivity index (χ3v) is 2.78. The second-order valence-corrected chi connectivity index (χ2v) is 4.52. The molecule has 3 N–H and O–H groups in total. The van der Waals surface area contributed by atoms with Gasteiger partial charge in [0.25, 0.3) is 0 Å². The summed E-state index contributed by atoms with van der Waals surface area (Å²) in [5, 5.41) is 27.0. The summed E-state index contributed by atoms with van der Waals surface area (Å²) in [6.07, 6.45) is 1.33. The maximum Gasteiger partial charge on any atom is 0.343 e. The number of nitrogens with one attached hydrogen (secondary N) is 2. The third kappa shape index (κ3) is 3.42. The van der Waals surface area contributed by atoms with Crippen LogP contribution in [0.1, 0.15) is 28.7 Å². The van der Waals surface area contributed by atoms with Gasteiger partial charge in [0.2, 0.25) is 0 Å². The number of hydrogen-bond donors (Lipinski definition) is 3. The summed E-state index contributed by atoms with van der Waals surface area (Å²) in [7, 11) is 3.27. The van der Waals surface area contributed by atoms with Crippen LogP contribution in [0.15, 0.2) is 5.57 Å². The van der Waals surface area contributed by atoms with Crippen molar-refractivity contribution in [2.45, 2.75) is 13.8 Å². The van der Waals surface area contributed by atoms with Crippen molar-refractivity contribution in [1.82, 2.24) is 9.88 Å². The fourth-order valence-corrected chi connectivity index (χ4v) is 1.73. The van der Waals surface area contributed by atoms with Crippen molar-refractivity contribution in [3.05, 3.63) is 22.5 Å². The molecule has 0 saturated carbocycles. The number of aromatic nitrogens is 1. The molecule has 0 fully saturated rings. The van der Waals surface area contributed by atoms with Crippen molar-refractivity contribution in [3.63, 3.8) is 0 Å². The zero-order valence-corrected chi connectivity index (χ0v) is 12.4. The Kier molecular flexibility index (Phi) is 5.13. The molecule has 21 heavy (non-hydrogen) atoms. The van der Waals surface area contributed by atoms with Gasteiger partial charge in [-0.3, -0.25) is 5.41 Å². The van der Waals surface area contributed by atoms with E-state index in [0.717, 1.165) is 0 Å². The third-order valence-electron chi connectivity index (χ3n) is 2.78. The van der Waals surface area contributed by atoms with Gasteiger partial charge in [-0.2, -0.15) is 5.26 Å². The fourth-order valence-electron chi connectivity index (χ4n) is 1.73. The van der Waals surface area contributed by atoms with E-state index >= 15 is 0 Å². The maximum absolute atomic E-state index is 11.8. The first-order chi connectivity index (χ1) is 9.83. The van der Waals surface area contributed by atoms with Gasteiger partial charge in [0.15, 0.2) is 5.75 Å². The topological polar surface area (TPSA) is 113 Å². The number of H-pyrrole nitrogens is 1. The number of aryl methyl sites for hydroxylation is 1. The predicted molar refractivity (Wildman–Crippen MR) is 78.2 cm³/mol. The highest BCUT2D eigenvalue weighted by atomic mass is 16.5. The van der Waals surface area contributed by atoms with Crippen LogP contribution >= 0.6 is 0 Å². The van der Waals surface area contributed by atoms with Crippen molar-refractivity contribution in [1.29, 1.82) is 10.7 Å². The van der Waals surface area contributed by atoms with Crippen LogP contribution in [-0.4, -0.2) is 47.5 Å². The van der Waals surface area contributed by atoms with Crippen LogP contribution in [0, 0.1) is 23.7 Å². The molecule has 0 aliphatic heterocycles. The van der Waals surface area contributed by atoms with Crippen LogP contribution in [0.4, 0.5) is 0 Å². The molecule has 1 rings (SSSR count). The molecule has 0 unspecified atom stereocenters. The number of aromatic hydroxyl groups is 1. The summed E-state index contributed by atoms with van der Waals surface area (Å²) in [5.41, 5.74) is 0.730. The lowest BCUT2D eigenvalue weighted by Crippen LogP contribution is -2.22. The highest BCUT2D eigenvalue weighted by Crippen LogP contribution is 2.28. The monoisotopic (exact) mass is 290 g/mol. The van der Waals surface area contributed by atoms with Gasteiger partial charge >= 0.3 is 5.97 Å². The van der Waals surface area contributed by atoms with Gasteiger partial charge in [0.05, 0.1) is 17.9 Å². The number of nitriles is 1. The molecular weight excluding hydrogens is 272 g/mol. The van der Waals surface area contributed by atoms with Crippen molar-refractivity contribution in [2.75, 3.05) is 20.7 Å². The molecular formula is C14H18N4O3. The first-order valence-electron chi connectivity index (χ1n) is 6.30. The summed E-state index contributed by atoms with van der Waals surface area (Å²) in [6.45, 7) is 3.49. The zero-order chi connectivity index (χ0) is 16.2. The summed E-state index contributed by atoms with van der Waals surface area (Å²) in [6, 6.07) is 1.89. The van der Waals surface area contributed by atoms with E-state index in [0.29, 0.717) is 5.69 Å². The van der Waals surface area contributed by atoms with Gasteiger partial charge < -0.3 is 19.7 Å². The molecule has 0 spiro atoms. The second-order valence-electron chi connectivity index (χ2n) is 4.52. The van der Waals surface area contributed by atoms with Crippen LogP contribution in [0.5, 0.6) is 5.75 Å². The van der Waals surface area contributed by atoms with E-state index in [1.165, 1.54) is 11.0 Å². The molecule has 0 aromatic carbocycles. The van der Waals surface area contributed by atoms with E-state index in [-0.39, 0.29) is 35.0 Å².